The molecule has 0 saturated carbocycles. The molecule has 1 aromatic rings. The van der Waals surface area contributed by atoms with Gasteiger partial charge in [0.1, 0.15) is 0 Å². The first kappa shape index (κ1) is 9.97. The molecule has 15 heavy (non-hydrogen) atoms. The molecule has 2 rings (SSSR count). The van der Waals surface area contributed by atoms with Crippen molar-refractivity contribution < 1.29 is 0 Å². The second-order valence-corrected chi connectivity index (χ2v) is 3.93. The zero-order valence-corrected chi connectivity index (χ0v) is 8.95. The molecular weight excluding hydrogens is 180 g/mol. The molecule has 0 bridgehead atoms. The third-order valence-electron chi connectivity index (χ3n) is 3.01. The monoisotopic (exact) mass is 196 g/mol. The van der Waals surface area contributed by atoms with Gasteiger partial charge in [-0.05, 0) is 24.0 Å². The summed E-state index contributed by atoms with van der Waals surface area (Å²) in [5.41, 5.74) is 4.38. The van der Waals surface area contributed by atoms with Gasteiger partial charge in [-0.15, -0.1) is 6.58 Å². The lowest BCUT2D eigenvalue weighted by molar-refractivity contribution is 0.834. The first-order chi connectivity index (χ1) is 7.36. The maximum Gasteiger partial charge on any atom is 0.00918 e. The predicted octanol–water partition coefficient (Wildman–Crippen LogP) is 4.01. The number of hydrogen-bond donors (Lipinski definition) is 0. The fourth-order valence-electron chi connectivity index (χ4n) is 2.35. The van der Waals surface area contributed by atoms with E-state index in [0.29, 0.717) is 5.92 Å². The topological polar surface area (TPSA) is 0 Å². The van der Waals surface area contributed by atoms with Crippen molar-refractivity contribution in [2.75, 3.05) is 0 Å². The van der Waals surface area contributed by atoms with Gasteiger partial charge in [-0.2, -0.15) is 0 Å². The molecule has 1 aromatic carbocycles. The SMILES string of the molecule is C=C/C=C1/Cc2ccccc2C1CC=C. The maximum absolute atomic E-state index is 3.84. The van der Waals surface area contributed by atoms with Gasteiger partial charge in [0, 0.05) is 5.92 Å². The van der Waals surface area contributed by atoms with E-state index in [2.05, 4.69) is 43.5 Å². The number of benzene rings is 1. The van der Waals surface area contributed by atoms with Gasteiger partial charge in [-0.25, -0.2) is 0 Å². The standard InChI is InChI=1S/C15H16/c1-3-7-12-11-13-9-5-6-10-15(13)14(12)8-4-2/h3-7,9-10,14H,1-2,8,11H2/b12-7-. The zero-order valence-electron chi connectivity index (χ0n) is 8.95. The van der Waals surface area contributed by atoms with E-state index in [1.54, 1.807) is 0 Å². The van der Waals surface area contributed by atoms with Gasteiger partial charge in [0.2, 0.25) is 0 Å². The van der Waals surface area contributed by atoms with Crippen LogP contribution in [0.15, 0.2) is 61.2 Å². The largest absolute Gasteiger partial charge is 0.103 e. The average Bonchev–Trinajstić information content (AvgIpc) is 2.59. The van der Waals surface area contributed by atoms with Crippen molar-refractivity contribution in [1.82, 2.24) is 0 Å². The van der Waals surface area contributed by atoms with E-state index < -0.39 is 0 Å². The molecule has 0 N–H and O–H groups in total. The molecule has 1 aliphatic carbocycles. The molecule has 0 aromatic heterocycles. The molecule has 0 aliphatic heterocycles. The summed E-state index contributed by atoms with van der Waals surface area (Å²) >= 11 is 0. The molecule has 0 amide bonds. The fourth-order valence-corrected chi connectivity index (χ4v) is 2.35. The molecular formula is C15H16. The summed E-state index contributed by atoms with van der Waals surface area (Å²) in [7, 11) is 0. The lowest BCUT2D eigenvalue weighted by atomic mass is 9.94. The maximum atomic E-state index is 3.84. The van der Waals surface area contributed by atoms with E-state index in [1.165, 1.54) is 16.7 Å². The van der Waals surface area contributed by atoms with Crippen molar-refractivity contribution >= 4 is 0 Å². The van der Waals surface area contributed by atoms with Crippen LogP contribution in [0.5, 0.6) is 0 Å². The van der Waals surface area contributed by atoms with Crippen molar-refractivity contribution in [3.8, 4) is 0 Å². The molecule has 0 radical (unpaired) electrons. The Kier molecular flexibility index (Phi) is 2.86. The van der Waals surface area contributed by atoms with E-state index in [4.69, 9.17) is 0 Å². The second-order valence-electron chi connectivity index (χ2n) is 3.93. The highest BCUT2D eigenvalue weighted by molar-refractivity contribution is 5.46. The highest BCUT2D eigenvalue weighted by Crippen LogP contribution is 2.39. The summed E-state index contributed by atoms with van der Waals surface area (Å²) in [6.07, 6.45) is 8.13. The van der Waals surface area contributed by atoms with Crippen LogP contribution >= 0.6 is 0 Å². The van der Waals surface area contributed by atoms with Crippen molar-refractivity contribution in [1.29, 1.82) is 0 Å². The number of allylic oxidation sites excluding steroid dienone is 4. The zero-order chi connectivity index (χ0) is 10.7. The van der Waals surface area contributed by atoms with Crippen LogP contribution in [0.4, 0.5) is 0 Å². The van der Waals surface area contributed by atoms with Gasteiger partial charge in [-0.3, -0.25) is 0 Å². The van der Waals surface area contributed by atoms with Crippen LogP contribution in [-0.4, -0.2) is 0 Å². The summed E-state index contributed by atoms with van der Waals surface area (Å²) < 4.78 is 0. The van der Waals surface area contributed by atoms with Gasteiger partial charge in [0.15, 0.2) is 0 Å². The summed E-state index contributed by atoms with van der Waals surface area (Å²) in [5.74, 6) is 0.525. The van der Waals surface area contributed by atoms with Crippen molar-refractivity contribution in [3.05, 3.63) is 72.4 Å². The van der Waals surface area contributed by atoms with Crippen molar-refractivity contribution in [2.45, 2.75) is 18.8 Å². The summed E-state index contributed by atoms with van der Waals surface area (Å²) in [6.45, 7) is 7.62. The smallest absolute Gasteiger partial charge is 0.00918 e. The van der Waals surface area contributed by atoms with Gasteiger partial charge < -0.3 is 0 Å². The quantitative estimate of drug-likeness (QED) is 0.641. The Balaban J connectivity index is 2.41. The first-order valence-corrected chi connectivity index (χ1v) is 5.37. The van der Waals surface area contributed by atoms with Crippen LogP contribution in [0.2, 0.25) is 0 Å². The van der Waals surface area contributed by atoms with Crippen molar-refractivity contribution in [2.24, 2.45) is 0 Å². The van der Waals surface area contributed by atoms with E-state index in [-0.39, 0.29) is 0 Å². The Morgan fingerprint density at radius 1 is 1.27 bits per heavy atom. The van der Waals surface area contributed by atoms with Gasteiger partial charge >= 0.3 is 0 Å². The fraction of sp³-hybridized carbons (Fsp3) is 0.200. The molecule has 0 spiro atoms. The second kappa shape index (κ2) is 4.31. The number of fused-ring (bicyclic) bond motifs is 1. The van der Waals surface area contributed by atoms with Gasteiger partial charge in [0.05, 0.1) is 0 Å². The van der Waals surface area contributed by atoms with Crippen molar-refractivity contribution in [3.63, 3.8) is 0 Å². The normalized spacial score (nSPS) is 21.3. The van der Waals surface area contributed by atoms with E-state index in [9.17, 15) is 0 Å². The van der Waals surface area contributed by atoms with Gasteiger partial charge in [0.25, 0.3) is 0 Å². The van der Waals surface area contributed by atoms with Crippen LogP contribution in [0.3, 0.4) is 0 Å². The molecule has 0 fully saturated rings. The number of rotatable bonds is 3. The molecule has 1 aliphatic rings. The molecule has 0 heteroatoms. The first-order valence-electron chi connectivity index (χ1n) is 5.37. The molecule has 0 nitrogen and oxygen atoms in total. The Bertz CT molecular complexity index is 410. The highest BCUT2D eigenvalue weighted by atomic mass is 14.3. The van der Waals surface area contributed by atoms with E-state index in [0.717, 1.165) is 12.8 Å². The Labute approximate surface area is 91.6 Å². The van der Waals surface area contributed by atoms with Crippen LogP contribution in [-0.2, 0) is 6.42 Å². The Morgan fingerprint density at radius 2 is 2.07 bits per heavy atom. The van der Waals surface area contributed by atoms with Crippen LogP contribution in [0, 0.1) is 0 Å². The summed E-state index contributed by atoms with van der Waals surface area (Å²) in [4.78, 5) is 0. The predicted molar refractivity (Wildman–Crippen MR) is 66.0 cm³/mol. The summed E-state index contributed by atoms with van der Waals surface area (Å²) in [5, 5.41) is 0. The summed E-state index contributed by atoms with van der Waals surface area (Å²) in [6, 6.07) is 8.68. The minimum absolute atomic E-state index is 0.525. The lowest BCUT2D eigenvalue weighted by Crippen LogP contribution is -1.94. The lowest BCUT2D eigenvalue weighted by Gasteiger charge is -2.10. The van der Waals surface area contributed by atoms with Gasteiger partial charge in [-0.1, -0.05) is 54.6 Å². The third kappa shape index (κ3) is 1.80. The van der Waals surface area contributed by atoms with E-state index in [1.807, 2.05) is 12.2 Å². The Hall–Kier alpha value is -1.56. The third-order valence-corrected chi connectivity index (χ3v) is 3.01. The molecule has 1 unspecified atom stereocenters. The minimum Gasteiger partial charge on any atom is -0.103 e. The molecule has 0 heterocycles. The van der Waals surface area contributed by atoms with Crippen LogP contribution in [0.25, 0.3) is 0 Å². The minimum atomic E-state index is 0.525. The number of hydrogen-bond acceptors (Lipinski definition) is 0. The Morgan fingerprint density at radius 3 is 2.80 bits per heavy atom. The molecule has 76 valence electrons. The van der Waals surface area contributed by atoms with Crippen LogP contribution in [0.1, 0.15) is 23.5 Å². The highest BCUT2D eigenvalue weighted by Gasteiger charge is 2.24. The average molecular weight is 196 g/mol. The van der Waals surface area contributed by atoms with Crippen LogP contribution < -0.4 is 0 Å². The van der Waals surface area contributed by atoms with E-state index >= 15 is 0 Å². The molecule has 1 atom stereocenters. The molecule has 0 saturated heterocycles.